The molecule has 0 aliphatic carbocycles. The summed E-state index contributed by atoms with van der Waals surface area (Å²) in [6, 6.07) is 12.5. The first-order valence-corrected chi connectivity index (χ1v) is 10.0. The van der Waals surface area contributed by atoms with Crippen molar-refractivity contribution in [2.24, 2.45) is 0 Å². The van der Waals surface area contributed by atoms with Gasteiger partial charge in [0.25, 0.3) is 5.91 Å². The molecule has 0 N–H and O–H groups in total. The summed E-state index contributed by atoms with van der Waals surface area (Å²) in [6.07, 6.45) is 1.58. The van der Waals surface area contributed by atoms with E-state index in [2.05, 4.69) is 15.9 Å². The van der Waals surface area contributed by atoms with E-state index in [1.807, 2.05) is 30.3 Å². The SMILES string of the molecule is O=C(c1ccc(Br)o1)N1CCN(S(=O)(=O)C=Cc2ccccc2)CC1. The first-order chi connectivity index (χ1) is 12.0. The van der Waals surface area contributed by atoms with E-state index in [1.54, 1.807) is 23.1 Å². The number of halogens is 1. The van der Waals surface area contributed by atoms with E-state index in [1.165, 1.54) is 9.71 Å². The Labute approximate surface area is 154 Å². The minimum Gasteiger partial charge on any atom is -0.444 e. The number of piperazine rings is 1. The molecule has 0 spiro atoms. The number of hydrogen-bond acceptors (Lipinski definition) is 4. The van der Waals surface area contributed by atoms with Gasteiger partial charge in [-0.25, -0.2) is 8.42 Å². The van der Waals surface area contributed by atoms with Crippen LogP contribution in [0.1, 0.15) is 16.1 Å². The number of amides is 1. The van der Waals surface area contributed by atoms with Crippen molar-refractivity contribution in [1.29, 1.82) is 0 Å². The number of carbonyl (C=O) groups excluding carboxylic acids is 1. The van der Waals surface area contributed by atoms with Crippen molar-refractivity contribution in [3.05, 3.63) is 63.9 Å². The van der Waals surface area contributed by atoms with Crippen LogP contribution < -0.4 is 0 Å². The van der Waals surface area contributed by atoms with Gasteiger partial charge in [0, 0.05) is 31.6 Å². The number of furan rings is 1. The van der Waals surface area contributed by atoms with Gasteiger partial charge in [-0.15, -0.1) is 0 Å². The summed E-state index contributed by atoms with van der Waals surface area (Å²) >= 11 is 3.16. The largest absolute Gasteiger partial charge is 0.444 e. The minimum absolute atomic E-state index is 0.234. The van der Waals surface area contributed by atoms with Crippen LogP contribution in [0.5, 0.6) is 0 Å². The number of rotatable bonds is 4. The Kier molecular flexibility index (Phi) is 5.41. The monoisotopic (exact) mass is 424 g/mol. The lowest BCUT2D eigenvalue weighted by Gasteiger charge is -2.32. The summed E-state index contributed by atoms with van der Waals surface area (Å²) in [7, 11) is -3.51. The van der Waals surface area contributed by atoms with Crippen LogP contribution in [0, 0.1) is 0 Å². The third kappa shape index (κ3) is 4.39. The highest BCUT2D eigenvalue weighted by Crippen LogP contribution is 2.18. The molecule has 3 rings (SSSR count). The molecule has 1 aromatic carbocycles. The van der Waals surface area contributed by atoms with Crippen LogP contribution in [0.2, 0.25) is 0 Å². The van der Waals surface area contributed by atoms with Gasteiger partial charge in [0.15, 0.2) is 10.4 Å². The van der Waals surface area contributed by atoms with Crippen molar-refractivity contribution in [3.63, 3.8) is 0 Å². The number of hydrogen-bond donors (Lipinski definition) is 0. The van der Waals surface area contributed by atoms with Gasteiger partial charge in [0.05, 0.1) is 0 Å². The fraction of sp³-hybridized carbons (Fsp3) is 0.235. The second kappa shape index (κ2) is 7.55. The molecule has 1 aliphatic heterocycles. The summed E-state index contributed by atoms with van der Waals surface area (Å²) in [5.74, 6) is 0.00901. The topological polar surface area (TPSA) is 70.8 Å². The maximum atomic E-state index is 12.4. The van der Waals surface area contributed by atoms with Crippen LogP contribution in [-0.4, -0.2) is 49.7 Å². The number of carbonyl (C=O) groups is 1. The number of benzene rings is 1. The van der Waals surface area contributed by atoms with Crippen LogP contribution >= 0.6 is 15.9 Å². The highest BCUT2D eigenvalue weighted by molar-refractivity contribution is 9.10. The zero-order valence-electron chi connectivity index (χ0n) is 13.3. The standard InChI is InChI=1S/C17H17BrN2O4S/c18-16-7-6-15(24-16)17(21)19-9-11-20(12-10-19)25(22,23)13-8-14-4-2-1-3-5-14/h1-8,13H,9-12H2. The first kappa shape index (κ1) is 17.9. The maximum absolute atomic E-state index is 12.4. The second-order valence-corrected chi connectivity index (χ2v) is 8.15. The van der Waals surface area contributed by atoms with E-state index in [9.17, 15) is 13.2 Å². The summed E-state index contributed by atoms with van der Waals surface area (Å²) in [5.41, 5.74) is 0.822. The molecule has 0 atom stereocenters. The first-order valence-electron chi connectivity index (χ1n) is 7.73. The smallest absolute Gasteiger partial charge is 0.289 e. The van der Waals surface area contributed by atoms with Gasteiger partial charge in [-0.3, -0.25) is 4.79 Å². The molecule has 1 saturated heterocycles. The number of nitrogens with zero attached hydrogens (tertiary/aromatic N) is 2. The summed E-state index contributed by atoms with van der Waals surface area (Å²) < 4.78 is 32.0. The highest BCUT2D eigenvalue weighted by atomic mass is 79.9. The Morgan fingerprint density at radius 1 is 1.04 bits per heavy atom. The molecule has 2 aromatic rings. The molecule has 6 nitrogen and oxygen atoms in total. The third-order valence-corrected chi connectivity index (χ3v) is 5.89. The van der Waals surface area contributed by atoms with Crippen molar-refractivity contribution in [2.75, 3.05) is 26.2 Å². The highest BCUT2D eigenvalue weighted by Gasteiger charge is 2.28. The number of sulfonamides is 1. The van der Waals surface area contributed by atoms with Crippen LogP contribution in [0.25, 0.3) is 6.08 Å². The van der Waals surface area contributed by atoms with Gasteiger partial charge < -0.3 is 9.32 Å². The van der Waals surface area contributed by atoms with Crippen LogP contribution in [0.3, 0.4) is 0 Å². The third-order valence-electron chi connectivity index (χ3n) is 3.90. The molecule has 0 bridgehead atoms. The Hall–Kier alpha value is -1.90. The lowest BCUT2D eigenvalue weighted by molar-refractivity contribution is 0.0665. The zero-order valence-corrected chi connectivity index (χ0v) is 15.7. The molecule has 1 aliphatic rings. The summed E-state index contributed by atoms with van der Waals surface area (Å²) in [5, 5.41) is 1.21. The molecule has 132 valence electrons. The molecular weight excluding hydrogens is 408 g/mol. The molecule has 1 fully saturated rings. The van der Waals surface area contributed by atoms with Crippen LogP contribution in [0.15, 0.2) is 57.0 Å². The van der Waals surface area contributed by atoms with Gasteiger partial charge in [-0.05, 0) is 39.7 Å². The van der Waals surface area contributed by atoms with Crippen molar-refractivity contribution in [2.45, 2.75) is 0 Å². The minimum atomic E-state index is -3.51. The van der Waals surface area contributed by atoms with Gasteiger partial charge in [0.2, 0.25) is 10.0 Å². The van der Waals surface area contributed by atoms with E-state index in [4.69, 9.17) is 4.42 Å². The lowest BCUT2D eigenvalue weighted by atomic mass is 10.2. The predicted molar refractivity (Wildman–Crippen MR) is 98.3 cm³/mol. The Balaban J connectivity index is 1.61. The normalized spacial score (nSPS) is 16.4. The van der Waals surface area contributed by atoms with Gasteiger partial charge in [-0.2, -0.15) is 4.31 Å². The van der Waals surface area contributed by atoms with Crippen molar-refractivity contribution in [3.8, 4) is 0 Å². The van der Waals surface area contributed by atoms with Crippen molar-refractivity contribution in [1.82, 2.24) is 9.21 Å². The van der Waals surface area contributed by atoms with Crippen molar-refractivity contribution < 1.29 is 17.6 Å². The lowest BCUT2D eigenvalue weighted by Crippen LogP contribution is -2.50. The van der Waals surface area contributed by atoms with E-state index in [-0.39, 0.29) is 24.8 Å². The average molecular weight is 425 g/mol. The molecule has 2 heterocycles. The molecule has 0 radical (unpaired) electrons. The Bertz CT molecular complexity index is 869. The quantitative estimate of drug-likeness (QED) is 0.756. The van der Waals surface area contributed by atoms with E-state index in [0.29, 0.717) is 17.8 Å². The zero-order chi connectivity index (χ0) is 17.9. The molecule has 0 unspecified atom stereocenters. The molecule has 8 heteroatoms. The van der Waals surface area contributed by atoms with Crippen molar-refractivity contribution >= 4 is 37.9 Å². The van der Waals surface area contributed by atoms with Crippen LogP contribution in [-0.2, 0) is 10.0 Å². The molecular formula is C17H17BrN2O4S. The van der Waals surface area contributed by atoms with Gasteiger partial charge in [0.1, 0.15) is 0 Å². The van der Waals surface area contributed by atoms with E-state index < -0.39 is 10.0 Å². The second-order valence-electron chi connectivity index (χ2n) is 5.55. The Morgan fingerprint density at radius 2 is 1.72 bits per heavy atom. The van der Waals surface area contributed by atoms with Gasteiger partial charge >= 0.3 is 0 Å². The molecule has 1 amide bonds. The maximum Gasteiger partial charge on any atom is 0.289 e. The van der Waals surface area contributed by atoms with E-state index >= 15 is 0 Å². The fourth-order valence-corrected chi connectivity index (χ4v) is 4.03. The molecule has 0 saturated carbocycles. The van der Waals surface area contributed by atoms with Gasteiger partial charge in [-0.1, -0.05) is 30.3 Å². The fourth-order valence-electron chi connectivity index (χ4n) is 2.55. The van der Waals surface area contributed by atoms with E-state index in [0.717, 1.165) is 5.56 Å². The molecule has 1 aromatic heterocycles. The summed E-state index contributed by atoms with van der Waals surface area (Å²) in [6.45, 7) is 1.18. The predicted octanol–water partition coefficient (Wildman–Crippen LogP) is 2.80. The summed E-state index contributed by atoms with van der Waals surface area (Å²) in [4.78, 5) is 13.9. The Morgan fingerprint density at radius 3 is 2.32 bits per heavy atom. The van der Waals surface area contributed by atoms with Crippen LogP contribution in [0.4, 0.5) is 0 Å². The average Bonchev–Trinajstić information content (AvgIpc) is 3.07. The molecule has 25 heavy (non-hydrogen) atoms.